The highest BCUT2D eigenvalue weighted by Gasteiger charge is 2.35. The summed E-state index contributed by atoms with van der Waals surface area (Å²) in [6.45, 7) is 0. The van der Waals surface area contributed by atoms with Gasteiger partial charge < -0.3 is 0 Å². The van der Waals surface area contributed by atoms with Gasteiger partial charge >= 0.3 is 0 Å². The molecule has 5 nitrogen and oxygen atoms in total. The molecule has 4 N–H and O–H groups in total. The average molecular weight is 296 g/mol. The topological polar surface area (TPSA) is 83.8 Å². The second-order valence-electron chi connectivity index (χ2n) is 6.33. The van der Waals surface area contributed by atoms with Crippen molar-refractivity contribution in [3.05, 3.63) is 45.7 Å². The van der Waals surface area contributed by atoms with E-state index in [9.17, 15) is 4.79 Å². The molecule has 0 aliphatic heterocycles. The molecule has 2 aromatic rings. The summed E-state index contributed by atoms with van der Waals surface area (Å²) in [7, 11) is 0. The molecule has 1 unspecified atom stereocenters. The highest BCUT2D eigenvalue weighted by Crippen LogP contribution is 2.45. The first-order valence-electron chi connectivity index (χ1n) is 7.97. The molecule has 0 saturated heterocycles. The molecule has 1 fully saturated rings. The van der Waals surface area contributed by atoms with Gasteiger partial charge in [0.15, 0.2) is 0 Å². The number of nitrogens with one attached hydrogen (secondary N) is 2. The van der Waals surface area contributed by atoms with Crippen LogP contribution in [0.5, 0.6) is 0 Å². The molecule has 1 aromatic heterocycles. The zero-order valence-corrected chi connectivity index (χ0v) is 12.4. The van der Waals surface area contributed by atoms with Gasteiger partial charge in [-0.2, -0.15) is 0 Å². The smallest absolute Gasteiger partial charge is 0.256 e. The van der Waals surface area contributed by atoms with E-state index in [1.165, 1.54) is 31.2 Å². The molecule has 4 rings (SSSR count). The van der Waals surface area contributed by atoms with E-state index in [2.05, 4.69) is 27.5 Å². The van der Waals surface area contributed by atoms with Gasteiger partial charge in [-0.1, -0.05) is 37.1 Å². The summed E-state index contributed by atoms with van der Waals surface area (Å²) in [5, 5.41) is 0. The van der Waals surface area contributed by atoms with Crippen LogP contribution >= 0.6 is 0 Å². The van der Waals surface area contributed by atoms with Gasteiger partial charge in [-0.05, 0) is 36.7 Å². The fraction of sp³-hybridized carbons (Fsp3) is 0.412. The average Bonchev–Trinajstić information content (AvgIpc) is 3.08. The van der Waals surface area contributed by atoms with Crippen molar-refractivity contribution >= 4 is 5.95 Å². The number of benzene rings is 1. The lowest BCUT2D eigenvalue weighted by molar-refractivity contribution is 0.425. The van der Waals surface area contributed by atoms with Crippen molar-refractivity contribution in [2.75, 3.05) is 5.43 Å². The van der Waals surface area contributed by atoms with Crippen molar-refractivity contribution in [3.8, 4) is 11.3 Å². The molecular formula is C17H20N4O. The summed E-state index contributed by atoms with van der Waals surface area (Å²) < 4.78 is 0. The van der Waals surface area contributed by atoms with Crippen LogP contribution in [0.4, 0.5) is 5.95 Å². The number of H-pyrrole nitrogens is 1. The number of nitrogens with two attached hydrogens (primary N) is 1. The van der Waals surface area contributed by atoms with E-state index in [1.807, 2.05) is 12.1 Å². The van der Waals surface area contributed by atoms with E-state index in [4.69, 9.17) is 5.84 Å². The Labute approximate surface area is 128 Å². The Bertz CT molecular complexity index is 761. The van der Waals surface area contributed by atoms with E-state index in [-0.39, 0.29) is 11.5 Å². The Hall–Kier alpha value is -2.14. The van der Waals surface area contributed by atoms with Gasteiger partial charge in [-0.15, -0.1) is 0 Å². The molecule has 2 aliphatic carbocycles. The molecule has 0 bridgehead atoms. The normalized spacial score (nSPS) is 20.5. The number of fused-ring (bicyclic) bond motifs is 3. The van der Waals surface area contributed by atoms with Crippen molar-refractivity contribution in [1.29, 1.82) is 0 Å². The highest BCUT2D eigenvalue weighted by molar-refractivity contribution is 5.71. The number of nitrogens with zero attached hydrogens (tertiary/aromatic N) is 1. The van der Waals surface area contributed by atoms with Gasteiger partial charge in [-0.25, -0.2) is 10.8 Å². The van der Waals surface area contributed by atoms with Crippen LogP contribution < -0.4 is 16.8 Å². The van der Waals surface area contributed by atoms with Crippen LogP contribution in [0.2, 0.25) is 0 Å². The summed E-state index contributed by atoms with van der Waals surface area (Å²) in [5.74, 6) is 6.63. The van der Waals surface area contributed by atoms with E-state index in [1.54, 1.807) is 0 Å². The van der Waals surface area contributed by atoms with Gasteiger partial charge in [0.05, 0.1) is 5.69 Å². The monoisotopic (exact) mass is 296 g/mol. The third-order valence-corrected chi connectivity index (χ3v) is 5.14. The number of aromatic amines is 1. The predicted molar refractivity (Wildman–Crippen MR) is 86.5 cm³/mol. The number of hydrogen-bond donors (Lipinski definition) is 3. The molecule has 5 heteroatoms. The molecule has 1 atom stereocenters. The lowest BCUT2D eigenvalue weighted by Crippen LogP contribution is -2.29. The van der Waals surface area contributed by atoms with E-state index in [0.717, 1.165) is 23.2 Å². The molecule has 0 amide bonds. The van der Waals surface area contributed by atoms with Gasteiger partial charge in [0.25, 0.3) is 5.56 Å². The molecule has 0 spiro atoms. The lowest BCUT2D eigenvalue weighted by Gasteiger charge is -2.30. The first-order valence-corrected chi connectivity index (χ1v) is 7.97. The molecule has 22 heavy (non-hydrogen) atoms. The zero-order valence-electron chi connectivity index (χ0n) is 12.4. The van der Waals surface area contributed by atoms with Crippen LogP contribution in [0.1, 0.15) is 42.7 Å². The summed E-state index contributed by atoms with van der Waals surface area (Å²) in [5.41, 5.74) is 6.42. The number of rotatable bonds is 2. The molecular weight excluding hydrogens is 276 g/mol. The fourth-order valence-corrected chi connectivity index (χ4v) is 4.13. The highest BCUT2D eigenvalue weighted by atomic mass is 16.1. The predicted octanol–water partition coefficient (Wildman–Crippen LogP) is 2.55. The molecule has 0 radical (unpaired) electrons. The number of anilines is 1. The van der Waals surface area contributed by atoms with Crippen molar-refractivity contribution in [1.82, 2.24) is 9.97 Å². The van der Waals surface area contributed by atoms with Crippen LogP contribution in [-0.2, 0) is 6.42 Å². The SMILES string of the molecule is NNc1nc2c(c(=O)[nH]1)C(C1CCCC1)Cc1ccccc1-2. The second kappa shape index (κ2) is 5.25. The number of hydrazine groups is 1. The van der Waals surface area contributed by atoms with Gasteiger partial charge in [0.1, 0.15) is 0 Å². The maximum absolute atomic E-state index is 12.6. The quantitative estimate of drug-likeness (QED) is 0.587. The fourth-order valence-electron chi connectivity index (χ4n) is 4.13. The molecule has 1 heterocycles. The van der Waals surface area contributed by atoms with E-state index < -0.39 is 0 Å². The minimum Gasteiger partial charge on any atom is -0.294 e. The van der Waals surface area contributed by atoms with Gasteiger partial charge in [0.2, 0.25) is 5.95 Å². The third kappa shape index (κ3) is 2.04. The van der Waals surface area contributed by atoms with Crippen LogP contribution in [0, 0.1) is 5.92 Å². The third-order valence-electron chi connectivity index (χ3n) is 5.14. The van der Waals surface area contributed by atoms with Crippen molar-refractivity contribution in [3.63, 3.8) is 0 Å². The molecule has 1 aromatic carbocycles. The maximum Gasteiger partial charge on any atom is 0.256 e. The first kappa shape index (κ1) is 13.5. The largest absolute Gasteiger partial charge is 0.294 e. The Balaban J connectivity index is 1.93. The Morgan fingerprint density at radius 3 is 2.77 bits per heavy atom. The van der Waals surface area contributed by atoms with Crippen LogP contribution in [0.3, 0.4) is 0 Å². The first-order chi connectivity index (χ1) is 10.8. The molecule has 114 valence electrons. The summed E-state index contributed by atoms with van der Waals surface area (Å²) in [6.07, 6.45) is 5.90. The van der Waals surface area contributed by atoms with Gasteiger partial charge in [0, 0.05) is 11.1 Å². The summed E-state index contributed by atoms with van der Waals surface area (Å²) in [4.78, 5) is 20.0. The number of aromatic nitrogens is 2. The number of hydrogen-bond acceptors (Lipinski definition) is 4. The van der Waals surface area contributed by atoms with Crippen LogP contribution in [-0.4, -0.2) is 9.97 Å². The Kier molecular flexibility index (Phi) is 3.22. The minimum absolute atomic E-state index is 0.0515. The second-order valence-corrected chi connectivity index (χ2v) is 6.33. The molecule has 2 aliphatic rings. The van der Waals surface area contributed by atoms with E-state index >= 15 is 0 Å². The summed E-state index contributed by atoms with van der Waals surface area (Å²) >= 11 is 0. The van der Waals surface area contributed by atoms with Crippen LogP contribution in [0.25, 0.3) is 11.3 Å². The van der Waals surface area contributed by atoms with Crippen molar-refractivity contribution < 1.29 is 0 Å². The zero-order chi connectivity index (χ0) is 15.1. The standard InChI is InChI=1S/C17H20N4O/c18-21-17-19-15-12-8-4-3-7-11(12)9-13(10-5-1-2-6-10)14(15)16(22)20-17/h3-4,7-8,10,13H,1-2,5-6,9,18H2,(H2,19,20,21,22). The number of nitrogen functional groups attached to an aromatic ring is 1. The van der Waals surface area contributed by atoms with Crippen molar-refractivity contribution in [2.24, 2.45) is 11.8 Å². The lowest BCUT2D eigenvalue weighted by atomic mass is 9.74. The molecule has 1 saturated carbocycles. The minimum atomic E-state index is -0.0515. The Morgan fingerprint density at radius 2 is 2.00 bits per heavy atom. The Morgan fingerprint density at radius 1 is 1.23 bits per heavy atom. The van der Waals surface area contributed by atoms with Crippen LogP contribution in [0.15, 0.2) is 29.1 Å². The maximum atomic E-state index is 12.6. The van der Waals surface area contributed by atoms with E-state index in [0.29, 0.717) is 11.9 Å². The summed E-state index contributed by atoms with van der Waals surface area (Å²) in [6, 6.07) is 8.26. The van der Waals surface area contributed by atoms with Crippen molar-refractivity contribution in [2.45, 2.75) is 38.0 Å². The van der Waals surface area contributed by atoms with Gasteiger partial charge in [-0.3, -0.25) is 15.2 Å².